The molecule has 0 fully saturated rings. The topological polar surface area (TPSA) is 74.6 Å². The van der Waals surface area contributed by atoms with E-state index >= 15 is 0 Å². The van der Waals surface area contributed by atoms with E-state index in [2.05, 4.69) is 5.32 Å². The molecular weight excluding hydrogens is 294 g/mol. The van der Waals surface area contributed by atoms with Crippen LogP contribution in [0.5, 0.6) is 0 Å². The summed E-state index contributed by atoms with van der Waals surface area (Å²) in [5.74, 6) is 0. The van der Waals surface area contributed by atoms with E-state index in [1.165, 1.54) is 15.5 Å². The van der Waals surface area contributed by atoms with Crippen molar-refractivity contribution in [1.29, 1.82) is 0 Å². The predicted octanol–water partition coefficient (Wildman–Crippen LogP) is 1.72. The Hall–Kier alpha value is -2.60. The van der Waals surface area contributed by atoms with Gasteiger partial charge in [-0.3, -0.25) is 4.79 Å². The highest BCUT2D eigenvalue weighted by Crippen LogP contribution is 2.13. The van der Waals surface area contributed by atoms with Gasteiger partial charge in [-0.15, -0.1) is 0 Å². The Morgan fingerprint density at radius 2 is 2.00 bits per heavy atom. The van der Waals surface area contributed by atoms with E-state index in [0.29, 0.717) is 17.8 Å². The Morgan fingerprint density at radius 3 is 2.65 bits per heavy atom. The first-order valence-corrected chi connectivity index (χ1v) is 7.39. The lowest BCUT2D eigenvalue weighted by Gasteiger charge is -2.23. The van der Waals surface area contributed by atoms with Gasteiger partial charge >= 0.3 is 6.03 Å². The summed E-state index contributed by atoms with van der Waals surface area (Å²) in [6.07, 6.45) is 1.59. The summed E-state index contributed by atoms with van der Waals surface area (Å²) in [7, 11) is 1.63. The summed E-state index contributed by atoms with van der Waals surface area (Å²) < 4.78 is 1.41. The third kappa shape index (κ3) is 4.43. The van der Waals surface area contributed by atoms with Crippen LogP contribution in [0, 0.1) is 6.92 Å². The van der Waals surface area contributed by atoms with E-state index in [4.69, 9.17) is 0 Å². The smallest absolute Gasteiger partial charge is 0.322 e. The Morgan fingerprint density at radius 1 is 1.30 bits per heavy atom. The fourth-order valence-electron chi connectivity index (χ4n) is 2.23. The summed E-state index contributed by atoms with van der Waals surface area (Å²) in [6.45, 7) is 2.28. The summed E-state index contributed by atoms with van der Waals surface area (Å²) in [5.41, 5.74) is 2.13. The van der Waals surface area contributed by atoms with E-state index < -0.39 is 0 Å². The summed E-state index contributed by atoms with van der Waals surface area (Å²) >= 11 is 0. The lowest BCUT2D eigenvalue weighted by Crippen LogP contribution is -2.37. The molecule has 1 heterocycles. The van der Waals surface area contributed by atoms with Crippen molar-refractivity contribution >= 4 is 11.7 Å². The molecule has 2 rings (SSSR count). The molecule has 0 radical (unpaired) electrons. The van der Waals surface area contributed by atoms with Crippen LogP contribution >= 0.6 is 0 Å². The van der Waals surface area contributed by atoms with Gasteiger partial charge in [-0.1, -0.05) is 30.3 Å². The van der Waals surface area contributed by atoms with Gasteiger partial charge in [0.25, 0.3) is 5.56 Å². The van der Waals surface area contributed by atoms with E-state index in [0.717, 1.165) is 5.56 Å². The van der Waals surface area contributed by atoms with Crippen LogP contribution in [0.3, 0.4) is 0 Å². The monoisotopic (exact) mass is 315 g/mol. The molecule has 0 aliphatic heterocycles. The molecule has 0 bridgehead atoms. The molecule has 6 heteroatoms. The van der Waals surface area contributed by atoms with Crippen LogP contribution in [-0.4, -0.2) is 33.8 Å². The van der Waals surface area contributed by atoms with Crippen molar-refractivity contribution in [3.8, 4) is 0 Å². The van der Waals surface area contributed by atoms with Gasteiger partial charge in [-0.25, -0.2) is 4.79 Å². The van der Waals surface area contributed by atoms with Gasteiger partial charge in [0.2, 0.25) is 0 Å². The molecule has 0 unspecified atom stereocenters. The van der Waals surface area contributed by atoms with Crippen molar-refractivity contribution in [2.75, 3.05) is 18.5 Å². The molecule has 0 atom stereocenters. The maximum absolute atomic E-state index is 12.5. The first-order chi connectivity index (χ1) is 11.0. The summed E-state index contributed by atoms with van der Waals surface area (Å²) in [6, 6.07) is 10.7. The molecule has 2 N–H and O–H groups in total. The normalized spacial score (nSPS) is 10.4. The highest BCUT2D eigenvalue weighted by Gasteiger charge is 2.15. The van der Waals surface area contributed by atoms with E-state index in [9.17, 15) is 14.7 Å². The number of amides is 2. The highest BCUT2D eigenvalue weighted by molar-refractivity contribution is 5.89. The molecule has 0 saturated heterocycles. The zero-order valence-electron chi connectivity index (χ0n) is 13.3. The van der Waals surface area contributed by atoms with Crippen LogP contribution in [0.4, 0.5) is 10.5 Å². The molecule has 0 spiro atoms. The van der Waals surface area contributed by atoms with Crippen LogP contribution in [0.15, 0.2) is 47.4 Å². The minimum atomic E-state index is -0.315. The van der Waals surface area contributed by atoms with E-state index in [1.54, 1.807) is 20.2 Å². The van der Waals surface area contributed by atoms with Gasteiger partial charge in [0.15, 0.2) is 0 Å². The fourth-order valence-corrected chi connectivity index (χ4v) is 2.23. The average Bonchev–Trinajstić information content (AvgIpc) is 2.53. The first-order valence-electron chi connectivity index (χ1n) is 7.39. The largest absolute Gasteiger partial charge is 0.395 e. The number of carbonyl (C=O) groups excluding carboxylic acids is 1. The third-order valence-corrected chi connectivity index (χ3v) is 3.55. The number of hydrogen-bond donors (Lipinski definition) is 2. The van der Waals surface area contributed by atoms with Crippen molar-refractivity contribution in [2.45, 2.75) is 13.5 Å². The van der Waals surface area contributed by atoms with Crippen LogP contribution in [-0.2, 0) is 13.6 Å². The second-order valence-electron chi connectivity index (χ2n) is 5.38. The molecule has 1 aromatic heterocycles. The van der Waals surface area contributed by atoms with Crippen molar-refractivity contribution in [3.05, 3.63) is 64.1 Å². The predicted molar refractivity (Wildman–Crippen MR) is 89.4 cm³/mol. The van der Waals surface area contributed by atoms with Crippen molar-refractivity contribution < 1.29 is 9.90 Å². The van der Waals surface area contributed by atoms with Crippen LogP contribution in [0.1, 0.15) is 11.1 Å². The first kappa shape index (κ1) is 16.8. The van der Waals surface area contributed by atoms with Crippen molar-refractivity contribution in [2.24, 2.45) is 7.05 Å². The number of rotatable bonds is 5. The number of aliphatic hydroxyl groups is 1. The Bertz CT molecular complexity index is 726. The van der Waals surface area contributed by atoms with E-state index in [1.807, 2.05) is 30.3 Å². The van der Waals surface area contributed by atoms with E-state index in [-0.39, 0.29) is 24.7 Å². The number of urea groups is 1. The number of hydrogen-bond acceptors (Lipinski definition) is 3. The second-order valence-corrected chi connectivity index (χ2v) is 5.38. The lowest BCUT2D eigenvalue weighted by atomic mass is 10.2. The molecular formula is C17H21N3O3. The third-order valence-electron chi connectivity index (χ3n) is 3.55. The Labute approximate surface area is 135 Å². The molecule has 2 amide bonds. The van der Waals surface area contributed by atoms with Gasteiger partial charge in [0.05, 0.1) is 12.3 Å². The number of anilines is 1. The fraction of sp³-hybridized carbons (Fsp3) is 0.294. The Balaban J connectivity index is 2.15. The Kier molecular flexibility index (Phi) is 5.54. The average molecular weight is 315 g/mol. The summed E-state index contributed by atoms with van der Waals surface area (Å²) in [5, 5.41) is 12.0. The van der Waals surface area contributed by atoms with Gasteiger partial charge in [-0.05, 0) is 18.1 Å². The van der Waals surface area contributed by atoms with Gasteiger partial charge in [0.1, 0.15) is 0 Å². The van der Waals surface area contributed by atoms with Crippen molar-refractivity contribution in [3.63, 3.8) is 0 Å². The number of nitrogens with one attached hydrogen (secondary N) is 1. The van der Waals surface area contributed by atoms with Crippen LogP contribution in [0.2, 0.25) is 0 Å². The highest BCUT2D eigenvalue weighted by atomic mass is 16.3. The maximum atomic E-state index is 12.5. The van der Waals surface area contributed by atoms with Gasteiger partial charge in [-0.2, -0.15) is 0 Å². The number of aryl methyl sites for hydroxylation is 2. The number of carbonyl (C=O) groups is 1. The minimum Gasteiger partial charge on any atom is -0.395 e. The summed E-state index contributed by atoms with van der Waals surface area (Å²) in [4.78, 5) is 25.6. The quantitative estimate of drug-likeness (QED) is 0.882. The molecule has 0 aliphatic carbocycles. The molecule has 1 aromatic carbocycles. The number of aliphatic hydroxyl groups excluding tert-OH is 1. The van der Waals surface area contributed by atoms with Crippen LogP contribution in [0.25, 0.3) is 0 Å². The SMILES string of the molecule is Cc1cc(=O)n(C)cc1NC(=O)N(CCO)Cc1ccccc1. The molecule has 122 valence electrons. The number of pyridine rings is 1. The molecule has 0 aliphatic rings. The van der Waals surface area contributed by atoms with Crippen LogP contribution < -0.4 is 10.9 Å². The molecule has 6 nitrogen and oxygen atoms in total. The molecule has 0 saturated carbocycles. The lowest BCUT2D eigenvalue weighted by molar-refractivity contribution is 0.185. The maximum Gasteiger partial charge on any atom is 0.322 e. The zero-order chi connectivity index (χ0) is 16.8. The molecule has 2 aromatic rings. The number of nitrogens with zero attached hydrogens (tertiary/aromatic N) is 2. The van der Waals surface area contributed by atoms with Gasteiger partial charge in [0, 0.05) is 32.4 Å². The standard InChI is InChI=1S/C17H21N3O3/c1-13-10-16(22)19(2)12-15(13)18-17(23)20(8-9-21)11-14-6-4-3-5-7-14/h3-7,10,12,21H,8-9,11H2,1-2H3,(H,18,23). The zero-order valence-corrected chi connectivity index (χ0v) is 13.3. The van der Waals surface area contributed by atoms with Crippen molar-refractivity contribution in [1.82, 2.24) is 9.47 Å². The number of aromatic nitrogens is 1. The number of benzene rings is 1. The molecule has 23 heavy (non-hydrogen) atoms. The minimum absolute atomic E-state index is 0.119. The van der Waals surface area contributed by atoms with Gasteiger partial charge < -0.3 is 19.9 Å². The second kappa shape index (κ2) is 7.60.